The van der Waals surface area contributed by atoms with Crippen molar-refractivity contribution >= 4 is 78.1 Å². The van der Waals surface area contributed by atoms with E-state index in [1.54, 1.807) is 0 Å². The number of aromatic amines is 4. The van der Waals surface area contributed by atoms with Gasteiger partial charge in [-0.1, -0.05) is 150 Å². The number of nitrogens with one attached hydrogen (secondary N) is 4. The maximum Gasteiger partial charge on any atom is 0.143 e. The highest BCUT2D eigenvalue weighted by Crippen LogP contribution is 2.40. The van der Waals surface area contributed by atoms with Gasteiger partial charge in [-0.15, -0.1) is 11.8 Å². The van der Waals surface area contributed by atoms with Gasteiger partial charge in [-0.05, 0) is 18.2 Å². The van der Waals surface area contributed by atoms with Crippen molar-refractivity contribution in [1.82, 2.24) is 19.9 Å². The predicted molar refractivity (Wildman–Crippen MR) is 219 cm³/mol. The third kappa shape index (κ3) is 6.59. The molecule has 266 valence electrons. The molecule has 0 unspecified atom stereocenters. The molecule has 1 aliphatic heterocycles. The van der Waals surface area contributed by atoms with E-state index in [0.717, 1.165) is 94.1 Å². The van der Waals surface area contributed by atoms with Gasteiger partial charge in [0, 0.05) is 48.0 Å². The fourth-order valence-electron chi connectivity index (χ4n) is 7.68. The van der Waals surface area contributed by atoms with Crippen LogP contribution in [0.1, 0.15) is 71.1 Å². The first-order valence-electron chi connectivity index (χ1n) is 19.2. The summed E-state index contributed by atoms with van der Waals surface area (Å²) in [4.78, 5) is 36.5. The lowest BCUT2D eigenvalue weighted by atomic mass is 10.1. The van der Waals surface area contributed by atoms with E-state index in [1.165, 1.54) is 69.1 Å². The molecule has 4 N–H and O–H groups in total. The highest BCUT2D eigenvalue weighted by atomic mass is 32.2. The summed E-state index contributed by atoms with van der Waals surface area (Å²) in [5.41, 5.74) is 2.99. The molecule has 0 aliphatic carbocycles. The lowest BCUT2D eigenvalue weighted by Crippen LogP contribution is -2.10. The third-order valence-corrected chi connectivity index (χ3v) is 11.6. The van der Waals surface area contributed by atoms with Gasteiger partial charge in [-0.25, -0.2) is 20.0 Å². The summed E-state index contributed by atoms with van der Waals surface area (Å²) in [6.07, 6.45) is 13.4. The minimum absolute atomic E-state index is 0.738. The van der Waals surface area contributed by atoms with Gasteiger partial charge in [0.15, 0.2) is 0 Å². The fraction of sp³-hybridized carbons (Fsp3) is 0.273. The van der Waals surface area contributed by atoms with Crippen molar-refractivity contribution in [3.63, 3.8) is 0 Å². The van der Waals surface area contributed by atoms with Crippen molar-refractivity contribution in [2.75, 3.05) is 5.75 Å². The summed E-state index contributed by atoms with van der Waals surface area (Å²) in [7, 11) is 0. The Morgan fingerprint density at radius 1 is 0.396 bits per heavy atom. The molecule has 4 aromatic heterocycles. The molecule has 0 spiro atoms. The Bertz CT molecular complexity index is 2830. The fourth-order valence-corrected chi connectivity index (χ4v) is 8.78. The summed E-state index contributed by atoms with van der Waals surface area (Å²) < 4.78 is 0. The molecule has 0 saturated heterocycles. The molecule has 0 amide bonds. The van der Waals surface area contributed by atoms with Gasteiger partial charge < -0.3 is 19.9 Å². The Balaban J connectivity index is 1.17. The molecular weight excluding hydrogens is 673 g/mol. The molecule has 8 bridgehead atoms. The number of unbranched alkanes of at least 4 members (excludes halogenated alkanes) is 9. The number of nitrogens with zero attached hydrogens (tertiary/aromatic N) is 4. The molecule has 0 atom stereocenters. The Kier molecular flexibility index (Phi) is 9.40. The topological polar surface area (TPSA) is 113 Å². The molecule has 5 heterocycles. The molecule has 8 aromatic rings. The summed E-state index contributed by atoms with van der Waals surface area (Å²) in [5.74, 6) is 4.09. The zero-order valence-corrected chi connectivity index (χ0v) is 31.0. The highest BCUT2D eigenvalue weighted by molar-refractivity contribution is 7.99. The lowest BCUT2D eigenvalue weighted by molar-refractivity contribution is 0.563. The van der Waals surface area contributed by atoms with Gasteiger partial charge in [0.1, 0.15) is 45.2 Å². The van der Waals surface area contributed by atoms with Crippen LogP contribution >= 0.6 is 11.8 Å². The van der Waals surface area contributed by atoms with Gasteiger partial charge in [-0.3, -0.25) is 0 Å². The van der Waals surface area contributed by atoms with Crippen LogP contribution in [0.5, 0.6) is 0 Å². The number of hydrogen-bond acceptors (Lipinski definition) is 5. The van der Waals surface area contributed by atoms with E-state index in [9.17, 15) is 0 Å². The molecule has 9 rings (SSSR count). The van der Waals surface area contributed by atoms with E-state index >= 15 is 0 Å². The molecule has 4 aromatic carbocycles. The van der Waals surface area contributed by atoms with Gasteiger partial charge in [0.2, 0.25) is 0 Å². The molecule has 8 nitrogen and oxygen atoms in total. The monoisotopic (exact) mass is 716 g/mol. The van der Waals surface area contributed by atoms with Crippen LogP contribution in [0, 0.1) is 0 Å². The largest absolute Gasteiger partial charge is 0.324 e. The minimum Gasteiger partial charge on any atom is -0.324 e. The number of H-pyrrole nitrogens is 4. The highest BCUT2D eigenvalue weighted by Gasteiger charge is 2.17. The van der Waals surface area contributed by atoms with Gasteiger partial charge in [0.25, 0.3) is 0 Å². The number of thioether (sulfide) groups is 1. The first-order chi connectivity index (χ1) is 26.2. The van der Waals surface area contributed by atoms with Gasteiger partial charge in [0.05, 0.1) is 0 Å². The second-order valence-electron chi connectivity index (χ2n) is 14.1. The second kappa shape index (κ2) is 14.9. The Morgan fingerprint density at radius 2 is 0.792 bits per heavy atom. The van der Waals surface area contributed by atoms with Crippen molar-refractivity contribution in [2.45, 2.75) is 76.0 Å². The Hall–Kier alpha value is -5.41. The molecule has 53 heavy (non-hydrogen) atoms. The number of fused-ring (bicyclic) bond motifs is 20. The van der Waals surface area contributed by atoms with Crippen LogP contribution in [-0.4, -0.2) is 25.7 Å². The quantitative estimate of drug-likeness (QED) is 0.0732. The second-order valence-corrected chi connectivity index (χ2v) is 15.2. The average Bonchev–Trinajstić information content (AvgIpc) is 3.93. The van der Waals surface area contributed by atoms with Gasteiger partial charge in [-0.2, -0.15) is 0 Å². The van der Waals surface area contributed by atoms with Crippen molar-refractivity contribution in [1.29, 1.82) is 0 Å². The average molecular weight is 717 g/mol. The zero-order chi connectivity index (χ0) is 35.6. The maximum absolute atomic E-state index is 5.33. The predicted octanol–water partition coefficient (Wildman–Crippen LogP) is 10.7. The molecule has 0 radical (unpaired) electrons. The van der Waals surface area contributed by atoms with Crippen LogP contribution in [0.15, 0.2) is 116 Å². The number of benzene rings is 4. The summed E-state index contributed by atoms with van der Waals surface area (Å²) in [6, 6.07) is 31.4. The lowest BCUT2D eigenvalue weighted by Gasteiger charge is -2.05. The Labute approximate surface area is 311 Å². The van der Waals surface area contributed by atoms with E-state index in [2.05, 4.69) is 87.5 Å². The third-order valence-electron chi connectivity index (χ3n) is 10.4. The van der Waals surface area contributed by atoms with Crippen LogP contribution in [0.3, 0.4) is 0 Å². The number of rotatable bonds is 12. The molecule has 0 saturated carbocycles. The summed E-state index contributed by atoms with van der Waals surface area (Å²) >= 11 is 1.92. The summed E-state index contributed by atoms with van der Waals surface area (Å²) in [5, 5.41) is 8.14. The van der Waals surface area contributed by atoms with Crippen LogP contribution in [0.2, 0.25) is 0 Å². The first-order valence-corrected chi connectivity index (χ1v) is 20.2. The van der Waals surface area contributed by atoms with Crippen molar-refractivity contribution in [2.24, 2.45) is 20.0 Å². The minimum atomic E-state index is 0.738. The standard InChI is InChI=1S/C44H44N8S/c1-2-3-4-5-6-7-8-9-10-17-27-53-35-26-18-25-34-36(35)44-51-42-33-24-16-15-23-32(33)40(49-42)47-38-29-20-12-11-19-28(29)37(45-38)46-39-30-21-13-14-22-31(30)41(48-39)50-43(34)52-44/h11-16,18-26H,2-10,17,27H2,1H3,(H4,45,46,47,48,49,50,51,52). The smallest absolute Gasteiger partial charge is 0.143 e. The number of aromatic nitrogens is 4. The first kappa shape index (κ1) is 33.4. The van der Waals surface area contributed by atoms with Crippen molar-refractivity contribution in [3.05, 3.63) is 113 Å². The van der Waals surface area contributed by atoms with Crippen LogP contribution in [0.25, 0.3) is 43.1 Å². The molecule has 0 fully saturated rings. The summed E-state index contributed by atoms with van der Waals surface area (Å²) in [6.45, 7) is 2.28. The van der Waals surface area contributed by atoms with Crippen LogP contribution in [0.4, 0.5) is 23.3 Å². The van der Waals surface area contributed by atoms with Crippen molar-refractivity contribution in [3.8, 4) is 0 Å². The van der Waals surface area contributed by atoms with Gasteiger partial charge >= 0.3 is 0 Å². The van der Waals surface area contributed by atoms with E-state index < -0.39 is 0 Å². The van der Waals surface area contributed by atoms with E-state index in [-0.39, 0.29) is 0 Å². The molecular formula is C44H44N8S. The maximum atomic E-state index is 5.33. The SMILES string of the molecule is CCCCCCCCCCCCSc1cccc2c3[nH]c(c12)N=c1[nH]c(c2ccccc12)=Nc1[nH]c(c2ccccc12)N=c1[nH]c(c2ccccc12)=N3. The van der Waals surface area contributed by atoms with E-state index in [1.807, 2.05) is 42.1 Å². The molecule has 9 heteroatoms. The van der Waals surface area contributed by atoms with Crippen molar-refractivity contribution < 1.29 is 0 Å². The Morgan fingerprint density at radius 3 is 1.30 bits per heavy atom. The van der Waals surface area contributed by atoms with E-state index in [4.69, 9.17) is 20.0 Å². The zero-order valence-electron chi connectivity index (χ0n) is 30.1. The molecule has 1 aliphatic rings. The van der Waals surface area contributed by atoms with Crippen LogP contribution in [-0.2, 0) is 0 Å². The van der Waals surface area contributed by atoms with Crippen LogP contribution < -0.4 is 22.0 Å². The van der Waals surface area contributed by atoms with E-state index in [0.29, 0.717) is 0 Å². The number of hydrogen-bond donors (Lipinski definition) is 4. The normalized spacial score (nSPS) is 12.6.